The van der Waals surface area contributed by atoms with Crippen molar-refractivity contribution in [2.45, 2.75) is 11.7 Å². The quantitative estimate of drug-likeness (QED) is 0.233. The first-order valence-corrected chi connectivity index (χ1v) is 11.5. The van der Waals surface area contributed by atoms with Gasteiger partial charge < -0.3 is 4.74 Å². The lowest BCUT2D eigenvalue weighted by atomic mass is 10.2. The topological polar surface area (TPSA) is 39.9 Å². The van der Waals surface area contributed by atoms with Crippen molar-refractivity contribution in [1.82, 2.24) is 14.8 Å². The molecule has 142 valence electrons. The number of aromatic nitrogens is 3. The normalized spacial score (nSPS) is 10.9. The van der Waals surface area contributed by atoms with Crippen LogP contribution < -0.4 is 4.74 Å². The Morgan fingerprint density at radius 2 is 1.79 bits per heavy atom. The Labute approximate surface area is 180 Å². The van der Waals surface area contributed by atoms with Gasteiger partial charge in [-0.1, -0.05) is 64.1 Å². The van der Waals surface area contributed by atoms with Crippen LogP contribution in [-0.2, 0) is 6.54 Å². The lowest BCUT2D eigenvalue weighted by molar-refractivity contribution is 0.343. The number of halogens is 1. The Morgan fingerprint density at radius 3 is 2.54 bits per heavy atom. The molecule has 2 aromatic carbocycles. The molecule has 0 bridgehead atoms. The second-order valence-electron chi connectivity index (χ2n) is 6.01. The summed E-state index contributed by atoms with van der Waals surface area (Å²) in [6.45, 7) is 1.36. The van der Waals surface area contributed by atoms with Gasteiger partial charge in [0.05, 0.1) is 18.0 Å². The van der Waals surface area contributed by atoms with E-state index in [0.29, 0.717) is 6.61 Å². The van der Waals surface area contributed by atoms with E-state index in [2.05, 4.69) is 66.4 Å². The van der Waals surface area contributed by atoms with Crippen LogP contribution in [0.15, 0.2) is 81.7 Å². The van der Waals surface area contributed by atoms with Gasteiger partial charge in [-0.25, -0.2) is 0 Å². The third-order valence-corrected chi connectivity index (χ3v) is 6.36. The van der Waals surface area contributed by atoms with Gasteiger partial charge in [-0.15, -0.1) is 21.5 Å². The molecule has 0 unspecified atom stereocenters. The van der Waals surface area contributed by atoms with Crippen molar-refractivity contribution in [3.63, 3.8) is 0 Å². The van der Waals surface area contributed by atoms with Gasteiger partial charge in [0.25, 0.3) is 0 Å². The fourth-order valence-electron chi connectivity index (χ4n) is 2.72. The monoisotopic (exact) mass is 471 g/mol. The number of benzene rings is 2. The molecule has 7 heteroatoms. The van der Waals surface area contributed by atoms with Gasteiger partial charge in [0, 0.05) is 10.2 Å². The van der Waals surface area contributed by atoms with E-state index in [1.807, 2.05) is 36.4 Å². The number of rotatable bonds is 8. The van der Waals surface area contributed by atoms with Crippen molar-refractivity contribution in [2.75, 3.05) is 12.4 Å². The molecule has 4 aromatic rings. The highest BCUT2D eigenvalue weighted by Gasteiger charge is 2.15. The number of hydrogen-bond donors (Lipinski definition) is 0. The molecule has 0 saturated heterocycles. The second-order valence-corrected chi connectivity index (χ2v) is 8.93. The van der Waals surface area contributed by atoms with Gasteiger partial charge in [-0.05, 0) is 41.3 Å². The fourth-order valence-corrected chi connectivity index (χ4v) is 4.45. The molecule has 0 amide bonds. The molecular weight excluding hydrogens is 454 g/mol. The molecule has 0 aliphatic heterocycles. The van der Waals surface area contributed by atoms with E-state index in [9.17, 15) is 0 Å². The molecule has 0 atom stereocenters. The first-order valence-electron chi connectivity index (χ1n) is 8.82. The number of nitrogens with zero attached hydrogens (tertiary/aromatic N) is 3. The summed E-state index contributed by atoms with van der Waals surface area (Å²) in [5.74, 6) is 2.58. The van der Waals surface area contributed by atoms with E-state index in [0.717, 1.165) is 38.4 Å². The lowest BCUT2D eigenvalue weighted by Crippen LogP contribution is -2.05. The second kappa shape index (κ2) is 9.41. The van der Waals surface area contributed by atoms with Crippen LogP contribution in [0.25, 0.3) is 10.7 Å². The summed E-state index contributed by atoms with van der Waals surface area (Å²) in [7, 11) is 0. The van der Waals surface area contributed by atoms with Crippen LogP contribution in [0.3, 0.4) is 0 Å². The smallest absolute Gasteiger partial charge is 0.191 e. The van der Waals surface area contributed by atoms with Crippen LogP contribution in [0, 0.1) is 0 Å². The molecule has 28 heavy (non-hydrogen) atoms. The Balaban J connectivity index is 1.46. The summed E-state index contributed by atoms with van der Waals surface area (Å²) in [5, 5.41) is 11.9. The van der Waals surface area contributed by atoms with Crippen molar-refractivity contribution in [3.8, 4) is 16.5 Å². The van der Waals surface area contributed by atoms with Gasteiger partial charge in [0.2, 0.25) is 0 Å². The molecule has 0 aliphatic carbocycles. The zero-order chi connectivity index (χ0) is 19.2. The van der Waals surface area contributed by atoms with Gasteiger partial charge in [-0.2, -0.15) is 0 Å². The summed E-state index contributed by atoms with van der Waals surface area (Å²) in [6, 6.07) is 22.4. The molecule has 0 spiro atoms. The Hall–Kier alpha value is -2.09. The third kappa shape index (κ3) is 4.84. The van der Waals surface area contributed by atoms with E-state index in [1.165, 1.54) is 5.56 Å². The van der Waals surface area contributed by atoms with Gasteiger partial charge >= 0.3 is 0 Å². The Kier molecular flexibility index (Phi) is 6.46. The Morgan fingerprint density at radius 1 is 0.964 bits per heavy atom. The van der Waals surface area contributed by atoms with Crippen LogP contribution in [0.1, 0.15) is 5.56 Å². The average molecular weight is 472 g/mol. The molecule has 0 radical (unpaired) electrons. The maximum absolute atomic E-state index is 5.82. The average Bonchev–Trinajstić information content (AvgIpc) is 3.38. The first kappa shape index (κ1) is 19.2. The molecule has 4 rings (SSSR count). The third-order valence-electron chi connectivity index (χ3n) is 4.04. The standard InChI is InChI=1S/C21H18BrN3OS2/c22-17-8-10-18(11-9-17)26-12-14-28-21-24-23-20(19-7-4-13-27-19)25(21)15-16-5-2-1-3-6-16/h1-11,13H,12,14-15H2. The van der Waals surface area contributed by atoms with Crippen LogP contribution in [0.2, 0.25) is 0 Å². The van der Waals surface area contributed by atoms with Gasteiger partial charge in [0.1, 0.15) is 5.75 Å². The van der Waals surface area contributed by atoms with E-state index in [4.69, 9.17) is 4.74 Å². The molecule has 0 aliphatic rings. The predicted molar refractivity (Wildman–Crippen MR) is 119 cm³/mol. The summed E-state index contributed by atoms with van der Waals surface area (Å²) >= 11 is 6.78. The van der Waals surface area contributed by atoms with E-state index >= 15 is 0 Å². The molecule has 2 heterocycles. The predicted octanol–water partition coefficient (Wildman–Crippen LogP) is 5.99. The SMILES string of the molecule is Brc1ccc(OCCSc2nnc(-c3cccs3)n2Cc2ccccc2)cc1. The minimum absolute atomic E-state index is 0.610. The van der Waals surface area contributed by atoms with Crippen molar-refractivity contribution in [3.05, 3.63) is 82.1 Å². The van der Waals surface area contributed by atoms with Crippen LogP contribution >= 0.6 is 39.0 Å². The fraction of sp³-hybridized carbons (Fsp3) is 0.143. The highest BCUT2D eigenvalue weighted by atomic mass is 79.9. The molecule has 4 nitrogen and oxygen atoms in total. The minimum atomic E-state index is 0.610. The summed E-state index contributed by atoms with van der Waals surface area (Å²) < 4.78 is 9.05. The maximum atomic E-state index is 5.82. The zero-order valence-electron chi connectivity index (χ0n) is 15.0. The van der Waals surface area contributed by atoms with Gasteiger partial charge in [0.15, 0.2) is 11.0 Å². The highest BCUT2D eigenvalue weighted by Crippen LogP contribution is 2.28. The van der Waals surface area contributed by atoms with Crippen LogP contribution in [0.4, 0.5) is 0 Å². The van der Waals surface area contributed by atoms with Crippen molar-refractivity contribution < 1.29 is 4.74 Å². The van der Waals surface area contributed by atoms with Crippen LogP contribution in [-0.4, -0.2) is 27.1 Å². The van der Waals surface area contributed by atoms with Crippen molar-refractivity contribution in [2.24, 2.45) is 0 Å². The largest absolute Gasteiger partial charge is 0.493 e. The summed E-state index contributed by atoms with van der Waals surface area (Å²) in [4.78, 5) is 1.13. The summed E-state index contributed by atoms with van der Waals surface area (Å²) in [6.07, 6.45) is 0. The Bertz CT molecular complexity index is 1000. The summed E-state index contributed by atoms with van der Waals surface area (Å²) in [5.41, 5.74) is 1.23. The molecule has 0 fully saturated rings. The van der Waals surface area contributed by atoms with Gasteiger partial charge in [-0.3, -0.25) is 4.57 Å². The minimum Gasteiger partial charge on any atom is -0.493 e. The zero-order valence-corrected chi connectivity index (χ0v) is 18.2. The number of thioether (sulfide) groups is 1. The van der Waals surface area contributed by atoms with Crippen molar-refractivity contribution in [1.29, 1.82) is 0 Å². The van der Waals surface area contributed by atoms with Crippen molar-refractivity contribution >= 4 is 39.0 Å². The number of ether oxygens (including phenoxy) is 1. The van der Waals surface area contributed by atoms with E-state index in [-0.39, 0.29) is 0 Å². The first-order chi connectivity index (χ1) is 13.8. The molecule has 0 N–H and O–H groups in total. The van der Waals surface area contributed by atoms with E-state index in [1.54, 1.807) is 23.1 Å². The number of thiophene rings is 1. The van der Waals surface area contributed by atoms with E-state index < -0.39 is 0 Å². The maximum Gasteiger partial charge on any atom is 0.191 e. The number of hydrogen-bond acceptors (Lipinski definition) is 5. The van der Waals surface area contributed by atoms with Crippen LogP contribution in [0.5, 0.6) is 5.75 Å². The molecular formula is C21H18BrN3OS2. The lowest BCUT2D eigenvalue weighted by Gasteiger charge is -2.10. The molecule has 0 saturated carbocycles. The highest BCUT2D eigenvalue weighted by molar-refractivity contribution is 9.10. The molecule has 2 aromatic heterocycles.